The van der Waals surface area contributed by atoms with E-state index in [1.54, 1.807) is 0 Å². The normalized spacial score (nSPS) is 11.9. The Morgan fingerprint density at radius 1 is 1.38 bits per heavy atom. The van der Waals surface area contributed by atoms with Crippen molar-refractivity contribution < 1.29 is 23.1 Å². The zero-order valence-corrected chi connectivity index (χ0v) is 13.6. The fraction of sp³-hybridized carbons (Fsp3) is 0.294. The largest absolute Gasteiger partial charge is 0.477 e. The van der Waals surface area contributed by atoms with Gasteiger partial charge in [-0.2, -0.15) is 18.4 Å². The van der Waals surface area contributed by atoms with Gasteiger partial charge in [0.25, 0.3) is 0 Å². The van der Waals surface area contributed by atoms with Crippen molar-refractivity contribution in [2.75, 3.05) is 5.32 Å². The van der Waals surface area contributed by atoms with Gasteiger partial charge >= 0.3 is 12.1 Å². The Balaban J connectivity index is 0.00000254. The number of nitrogens with zero attached hydrogens (tertiary/aromatic N) is 1. The molecule has 0 saturated heterocycles. The predicted octanol–water partition coefficient (Wildman–Crippen LogP) is 4.86. The number of hydrogen-bond donors (Lipinski definition) is 2. The molecule has 0 aromatic heterocycles. The van der Waals surface area contributed by atoms with Gasteiger partial charge in [0.1, 0.15) is 5.70 Å². The van der Waals surface area contributed by atoms with Gasteiger partial charge in [-0.05, 0) is 30.7 Å². The maximum atomic E-state index is 12.8. The molecule has 0 heterocycles. The maximum absolute atomic E-state index is 12.8. The smallest absolute Gasteiger partial charge is 0.416 e. The van der Waals surface area contributed by atoms with Crippen molar-refractivity contribution in [3.63, 3.8) is 0 Å². The first kappa shape index (κ1) is 21.2. The third-order valence-electron chi connectivity index (χ3n) is 2.55. The minimum atomic E-state index is -4.65. The molecule has 7 heteroatoms. The fourth-order valence-corrected chi connectivity index (χ4v) is 1.61. The van der Waals surface area contributed by atoms with Gasteiger partial charge in [0.15, 0.2) is 0 Å². The number of allylic oxidation sites excluding steroid dienone is 3. The molecular formula is C17H19F3N2O2. The first-order chi connectivity index (χ1) is 11.3. The highest BCUT2D eigenvalue weighted by atomic mass is 19.4. The van der Waals surface area contributed by atoms with E-state index in [1.807, 2.05) is 19.9 Å². The summed E-state index contributed by atoms with van der Waals surface area (Å²) in [5.41, 5.74) is -1.20. The monoisotopic (exact) mass is 340 g/mol. The summed E-state index contributed by atoms with van der Waals surface area (Å²) in [5, 5.41) is 20.2. The molecule has 1 aromatic carbocycles. The van der Waals surface area contributed by atoms with Crippen LogP contribution < -0.4 is 5.32 Å². The summed E-state index contributed by atoms with van der Waals surface area (Å²) in [6.45, 7) is 5.52. The molecule has 0 radical (unpaired) electrons. The maximum Gasteiger partial charge on any atom is 0.416 e. The van der Waals surface area contributed by atoms with E-state index in [-0.39, 0.29) is 17.7 Å². The van der Waals surface area contributed by atoms with E-state index in [0.717, 1.165) is 6.08 Å². The van der Waals surface area contributed by atoms with Crippen molar-refractivity contribution in [3.05, 3.63) is 53.3 Å². The van der Waals surface area contributed by atoms with Gasteiger partial charge in [-0.15, -0.1) is 0 Å². The van der Waals surface area contributed by atoms with Crippen LogP contribution in [-0.2, 0) is 4.79 Å². The molecule has 0 bridgehead atoms. The Kier molecular flexibility index (Phi) is 8.95. The molecule has 1 rings (SSSR count). The summed E-state index contributed by atoms with van der Waals surface area (Å²) in [5.74, 6) is -1.53. The van der Waals surface area contributed by atoms with Gasteiger partial charge < -0.3 is 10.4 Å². The van der Waals surface area contributed by atoms with E-state index >= 15 is 0 Å². The van der Waals surface area contributed by atoms with E-state index in [1.165, 1.54) is 31.2 Å². The first-order valence-corrected chi connectivity index (χ1v) is 7.27. The summed E-state index contributed by atoms with van der Waals surface area (Å²) < 4.78 is 38.4. The number of carbonyl (C=O) groups is 1. The van der Waals surface area contributed by atoms with Crippen molar-refractivity contribution in [3.8, 4) is 6.07 Å². The van der Waals surface area contributed by atoms with Gasteiger partial charge in [0, 0.05) is 5.69 Å². The fourth-order valence-electron chi connectivity index (χ4n) is 1.61. The molecule has 0 atom stereocenters. The van der Waals surface area contributed by atoms with Gasteiger partial charge in [-0.25, -0.2) is 4.79 Å². The van der Waals surface area contributed by atoms with Crippen LogP contribution in [0.15, 0.2) is 47.7 Å². The number of alkyl halides is 3. The quantitative estimate of drug-likeness (QED) is 0.593. The van der Waals surface area contributed by atoms with Gasteiger partial charge in [0.2, 0.25) is 0 Å². The van der Waals surface area contributed by atoms with Crippen LogP contribution in [0.3, 0.4) is 0 Å². The van der Waals surface area contributed by atoms with Gasteiger partial charge in [0.05, 0.1) is 17.2 Å². The van der Waals surface area contributed by atoms with E-state index in [2.05, 4.69) is 5.32 Å². The van der Waals surface area contributed by atoms with Gasteiger partial charge in [-0.1, -0.05) is 32.9 Å². The summed E-state index contributed by atoms with van der Waals surface area (Å²) in [4.78, 5) is 11.1. The molecule has 1 aromatic rings. The van der Waals surface area contributed by atoms with Crippen molar-refractivity contribution in [1.29, 1.82) is 5.26 Å². The Hall–Kier alpha value is -2.75. The Morgan fingerprint density at radius 3 is 2.46 bits per heavy atom. The topological polar surface area (TPSA) is 73.1 Å². The number of nitriles is 1. The molecule has 0 unspecified atom stereocenters. The van der Waals surface area contributed by atoms with Crippen LogP contribution in [-0.4, -0.2) is 17.3 Å². The number of carboxylic acid groups (broad SMARTS) is 1. The van der Waals surface area contributed by atoms with Gasteiger partial charge in [-0.3, -0.25) is 0 Å². The summed E-state index contributed by atoms with van der Waals surface area (Å²) in [7, 11) is 0. The molecular weight excluding hydrogens is 321 g/mol. The molecule has 24 heavy (non-hydrogen) atoms. The van der Waals surface area contributed by atoms with E-state index in [9.17, 15) is 18.0 Å². The highest BCUT2D eigenvalue weighted by Gasteiger charge is 2.32. The average Bonchev–Trinajstić information content (AvgIpc) is 2.54. The SMILES string of the molecule is CC.CC/C=C(/C=C(\Nc1cccc(C#N)c1)C(=O)O)C(F)(F)F. The molecule has 0 amide bonds. The number of hydrogen-bond acceptors (Lipinski definition) is 3. The Bertz CT molecular complexity index is 657. The van der Waals surface area contributed by atoms with E-state index in [0.29, 0.717) is 6.08 Å². The van der Waals surface area contributed by atoms with E-state index in [4.69, 9.17) is 10.4 Å². The molecule has 0 spiro atoms. The second kappa shape index (κ2) is 10.1. The lowest BCUT2D eigenvalue weighted by Crippen LogP contribution is -2.16. The van der Waals surface area contributed by atoms with E-state index < -0.39 is 23.4 Å². The number of halogens is 3. The molecule has 130 valence electrons. The number of benzene rings is 1. The number of anilines is 1. The van der Waals surface area contributed by atoms with Crippen molar-refractivity contribution >= 4 is 11.7 Å². The Morgan fingerprint density at radius 2 is 2.00 bits per heavy atom. The predicted molar refractivity (Wildman–Crippen MR) is 86.3 cm³/mol. The van der Waals surface area contributed by atoms with Crippen LogP contribution in [0.5, 0.6) is 0 Å². The van der Waals surface area contributed by atoms with Crippen LogP contribution in [0.4, 0.5) is 18.9 Å². The molecule has 4 nitrogen and oxygen atoms in total. The van der Waals surface area contributed by atoms with Crippen molar-refractivity contribution in [1.82, 2.24) is 0 Å². The molecule has 2 N–H and O–H groups in total. The van der Waals surface area contributed by atoms with Crippen molar-refractivity contribution in [2.24, 2.45) is 0 Å². The highest BCUT2D eigenvalue weighted by molar-refractivity contribution is 5.91. The average molecular weight is 340 g/mol. The number of nitrogens with one attached hydrogen (secondary N) is 1. The van der Waals surface area contributed by atoms with Crippen LogP contribution in [0.25, 0.3) is 0 Å². The summed E-state index contributed by atoms with van der Waals surface area (Å²) in [6, 6.07) is 7.64. The lowest BCUT2D eigenvalue weighted by molar-refractivity contribution is -0.132. The third-order valence-corrected chi connectivity index (χ3v) is 2.55. The molecule has 0 aliphatic rings. The summed E-state index contributed by atoms with van der Waals surface area (Å²) in [6.07, 6.45) is -3.10. The minimum absolute atomic E-state index is 0.113. The number of carboxylic acids is 1. The standard InChI is InChI=1S/C15H13F3N2O2.C2H6/c1-2-4-11(15(16,17)18)8-13(14(21)22)20-12-6-3-5-10(7-12)9-19;1-2/h3-8,20H,2H2,1H3,(H,21,22);1-2H3/b11-4-,13-8-;. The lowest BCUT2D eigenvalue weighted by atomic mass is 10.1. The van der Waals surface area contributed by atoms with Crippen LogP contribution in [0, 0.1) is 11.3 Å². The third kappa shape index (κ3) is 7.01. The lowest BCUT2D eigenvalue weighted by Gasteiger charge is -2.11. The zero-order chi connectivity index (χ0) is 18.8. The highest BCUT2D eigenvalue weighted by Crippen LogP contribution is 2.28. The number of rotatable bonds is 5. The van der Waals surface area contributed by atoms with Crippen molar-refractivity contribution in [2.45, 2.75) is 33.4 Å². The zero-order valence-electron chi connectivity index (χ0n) is 13.6. The molecule has 0 aliphatic heterocycles. The molecule has 0 aliphatic carbocycles. The number of aliphatic carboxylic acids is 1. The van der Waals surface area contributed by atoms with Crippen LogP contribution in [0.1, 0.15) is 32.8 Å². The van der Waals surface area contributed by atoms with Crippen LogP contribution in [0.2, 0.25) is 0 Å². The second-order valence-electron chi connectivity index (χ2n) is 4.25. The molecule has 0 fully saturated rings. The van der Waals surface area contributed by atoms with Crippen LogP contribution >= 0.6 is 0 Å². The second-order valence-corrected chi connectivity index (χ2v) is 4.25. The minimum Gasteiger partial charge on any atom is -0.477 e. The Labute approximate surface area is 138 Å². The summed E-state index contributed by atoms with van der Waals surface area (Å²) >= 11 is 0. The first-order valence-electron chi connectivity index (χ1n) is 7.27. The molecule has 0 saturated carbocycles.